The van der Waals surface area contributed by atoms with E-state index in [1.54, 1.807) is 6.07 Å². The fourth-order valence-electron chi connectivity index (χ4n) is 1.70. The zero-order valence-corrected chi connectivity index (χ0v) is 11.8. The van der Waals surface area contributed by atoms with E-state index in [1.807, 2.05) is 13.0 Å². The van der Waals surface area contributed by atoms with Gasteiger partial charge in [-0.05, 0) is 24.6 Å². The quantitative estimate of drug-likeness (QED) is 0.669. The Morgan fingerprint density at radius 3 is 2.65 bits per heavy atom. The molecule has 3 nitrogen and oxygen atoms in total. The average Bonchev–Trinajstić information content (AvgIpc) is 2.33. The highest BCUT2D eigenvalue weighted by atomic mass is 79.9. The maximum atomic E-state index is 11.6. The third-order valence-electron chi connectivity index (χ3n) is 2.50. The molecule has 0 aliphatic rings. The fourth-order valence-corrected chi connectivity index (χ4v) is 2.31. The van der Waals surface area contributed by atoms with Crippen molar-refractivity contribution in [3.8, 4) is 0 Å². The molecular weight excluding hydrogens is 282 g/mol. The lowest BCUT2D eigenvalue weighted by atomic mass is 10.1. The van der Waals surface area contributed by atoms with E-state index in [0.29, 0.717) is 11.3 Å². The van der Waals surface area contributed by atoms with Crippen LogP contribution in [0.1, 0.15) is 30.6 Å². The first-order chi connectivity index (χ1) is 8.06. The third-order valence-corrected chi connectivity index (χ3v) is 3.16. The number of methoxy groups -OCH3 is 1. The lowest BCUT2D eigenvalue weighted by molar-refractivity contribution is 0.0602. The van der Waals surface area contributed by atoms with Gasteiger partial charge in [-0.3, -0.25) is 0 Å². The number of benzene rings is 1. The molecule has 0 radical (unpaired) electrons. The van der Waals surface area contributed by atoms with Crippen molar-refractivity contribution < 1.29 is 9.53 Å². The van der Waals surface area contributed by atoms with E-state index >= 15 is 0 Å². The standard InChI is InChI=1S/C13H16BrNO2/c1-4-6-9-8(5-2)12(15)10(7-11(9)14)13(16)17-3/h5-7H,4,15H2,1-3H3/b8-5+,9-6+. The molecule has 0 aliphatic carbocycles. The smallest absolute Gasteiger partial charge is 0.340 e. The van der Waals surface area contributed by atoms with Crippen molar-refractivity contribution in [3.05, 3.63) is 26.5 Å². The van der Waals surface area contributed by atoms with Gasteiger partial charge in [0.05, 0.1) is 18.4 Å². The second-order valence-electron chi connectivity index (χ2n) is 3.54. The first kappa shape index (κ1) is 13.8. The predicted molar refractivity (Wildman–Crippen MR) is 74.0 cm³/mol. The molecular formula is C13H16BrNO2. The molecule has 2 N–H and O–H groups in total. The molecule has 1 aromatic carbocycles. The van der Waals surface area contributed by atoms with Crippen molar-refractivity contribution in [2.45, 2.75) is 20.3 Å². The van der Waals surface area contributed by atoms with Crippen LogP contribution >= 0.6 is 15.9 Å². The lowest BCUT2D eigenvalue weighted by Crippen LogP contribution is -2.31. The van der Waals surface area contributed by atoms with Crippen LogP contribution in [0.4, 0.5) is 5.69 Å². The van der Waals surface area contributed by atoms with Crippen molar-refractivity contribution in [3.63, 3.8) is 0 Å². The average molecular weight is 298 g/mol. The molecule has 92 valence electrons. The van der Waals surface area contributed by atoms with Crippen molar-refractivity contribution >= 4 is 39.7 Å². The number of hydrogen-bond acceptors (Lipinski definition) is 3. The number of ether oxygens (including phenoxy) is 1. The first-order valence-corrected chi connectivity index (χ1v) is 6.18. The Kier molecular flexibility index (Phi) is 4.75. The second-order valence-corrected chi connectivity index (χ2v) is 4.39. The Labute approximate surface area is 109 Å². The molecule has 0 heterocycles. The zero-order chi connectivity index (χ0) is 13.0. The van der Waals surface area contributed by atoms with Crippen molar-refractivity contribution in [1.29, 1.82) is 0 Å². The highest BCUT2D eigenvalue weighted by molar-refractivity contribution is 9.10. The number of hydrogen-bond donors (Lipinski definition) is 1. The van der Waals surface area contributed by atoms with Gasteiger partial charge in [-0.15, -0.1) is 0 Å². The highest BCUT2D eigenvalue weighted by Gasteiger charge is 2.12. The number of carbonyl (C=O) groups is 1. The van der Waals surface area contributed by atoms with Gasteiger partial charge in [0.2, 0.25) is 0 Å². The van der Waals surface area contributed by atoms with Crippen LogP contribution in [0.15, 0.2) is 10.5 Å². The summed E-state index contributed by atoms with van der Waals surface area (Å²) in [5.41, 5.74) is 6.85. The van der Waals surface area contributed by atoms with Crippen LogP contribution in [0.3, 0.4) is 0 Å². The molecule has 0 fully saturated rings. The number of carbonyl (C=O) groups excluding carboxylic acids is 1. The largest absolute Gasteiger partial charge is 0.465 e. The normalized spacial score (nSPS) is 12.9. The number of rotatable bonds is 2. The number of esters is 1. The van der Waals surface area contributed by atoms with Crippen LogP contribution in [0.25, 0.3) is 12.2 Å². The fraction of sp³-hybridized carbons (Fsp3) is 0.308. The molecule has 0 saturated heterocycles. The van der Waals surface area contributed by atoms with Crippen LogP contribution in [-0.4, -0.2) is 13.1 Å². The van der Waals surface area contributed by atoms with Gasteiger partial charge < -0.3 is 10.5 Å². The summed E-state index contributed by atoms with van der Waals surface area (Å²) < 4.78 is 5.56. The van der Waals surface area contributed by atoms with Gasteiger partial charge in [0, 0.05) is 9.69 Å². The van der Waals surface area contributed by atoms with E-state index in [-0.39, 0.29) is 0 Å². The van der Waals surface area contributed by atoms with Gasteiger partial charge in [-0.1, -0.05) is 35.0 Å². The minimum absolute atomic E-state index is 0.390. The Morgan fingerprint density at radius 1 is 1.53 bits per heavy atom. The van der Waals surface area contributed by atoms with E-state index in [2.05, 4.69) is 28.9 Å². The summed E-state index contributed by atoms with van der Waals surface area (Å²) >= 11 is 3.46. The molecule has 0 spiro atoms. The molecule has 17 heavy (non-hydrogen) atoms. The van der Waals surface area contributed by atoms with Gasteiger partial charge >= 0.3 is 5.97 Å². The van der Waals surface area contributed by atoms with Gasteiger partial charge in [-0.25, -0.2) is 4.79 Å². The highest BCUT2D eigenvalue weighted by Crippen LogP contribution is 2.12. The van der Waals surface area contributed by atoms with Crippen LogP contribution in [0, 0.1) is 0 Å². The summed E-state index contributed by atoms with van der Waals surface area (Å²) in [6.45, 7) is 3.95. The lowest BCUT2D eigenvalue weighted by Gasteiger charge is -2.07. The first-order valence-electron chi connectivity index (χ1n) is 5.39. The van der Waals surface area contributed by atoms with Crippen LogP contribution < -0.4 is 16.2 Å². The summed E-state index contributed by atoms with van der Waals surface area (Å²) in [5.74, 6) is -0.422. The molecule has 0 aliphatic heterocycles. The Balaban J connectivity index is 3.72. The molecule has 0 amide bonds. The Hall–Kier alpha value is -1.29. The summed E-state index contributed by atoms with van der Waals surface area (Å²) in [5, 5.41) is 1.88. The number of anilines is 1. The van der Waals surface area contributed by atoms with Crippen LogP contribution in [0.5, 0.6) is 0 Å². The van der Waals surface area contributed by atoms with E-state index in [1.165, 1.54) is 7.11 Å². The molecule has 0 unspecified atom stereocenters. The number of nitrogens with two attached hydrogens (primary N) is 1. The molecule has 4 heteroatoms. The van der Waals surface area contributed by atoms with Crippen molar-refractivity contribution in [2.24, 2.45) is 0 Å². The van der Waals surface area contributed by atoms with Gasteiger partial charge in [0.25, 0.3) is 0 Å². The monoisotopic (exact) mass is 297 g/mol. The number of nitrogen functional groups attached to an aromatic ring is 1. The second kappa shape index (κ2) is 5.87. The van der Waals surface area contributed by atoms with E-state index < -0.39 is 5.97 Å². The summed E-state index contributed by atoms with van der Waals surface area (Å²) in [4.78, 5) is 11.6. The Morgan fingerprint density at radius 2 is 2.18 bits per heavy atom. The summed E-state index contributed by atoms with van der Waals surface area (Å²) in [7, 11) is 1.34. The minimum Gasteiger partial charge on any atom is -0.465 e. The Bertz CT molecular complexity index is 550. The maximum Gasteiger partial charge on any atom is 0.340 e. The maximum absolute atomic E-state index is 11.6. The summed E-state index contributed by atoms with van der Waals surface area (Å²) in [6.07, 6.45) is 4.86. The van der Waals surface area contributed by atoms with Crippen molar-refractivity contribution in [1.82, 2.24) is 0 Å². The molecule has 0 aromatic heterocycles. The van der Waals surface area contributed by atoms with Crippen LogP contribution in [0.2, 0.25) is 0 Å². The minimum atomic E-state index is -0.422. The topological polar surface area (TPSA) is 52.3 Å². The molecule has 1 rings (SSSR count). The van der Waals surface area contributed by atoms with E-state index in [9.17, 15) is 4.79 Å². The summed E-state index contributed by atoms with van der Waals surface area (Å²) in [6, 6.07) is 1.70. The van der Waals surface area contributed by atoms with Crippen LogP contribution in [-0.2, 0) is 4.74 Å². The predicted octanol–water partition coefficient (Wildman–Crippen LogP) is 1.81. The third kappa shape index (κ3) is 2.69. The van der Waals surface area contributed by atoms with Gasteiger partial charge in [0.15, 0.2) is 0 Å². The molecule has 0 atom stereocenters. The molecule has 0 saturated carbocycles. The zero-order valence-electron chi connectivity index (χ0n) is 10.2. The van der Waals surface area contributed by atoms with Gasteiger partial charge in [-0.2, -0.15) is 0 Å². The SMILES string of the molecule is C/C=c1/c(N)c(C(=O)OC)cc(Br)/c1=C/CC. The van der Waals surface area contributed by atoms with E-state index in [0.717, 1.165) is 21.3 Å². The number of halogens is 1. The molecule has 1 aromatic rings. The van der Waals surface area contributed by atoms with E-state index in [4.69, 9.17) is 10.5 Å². The van der Waals surface area contributed by atoms with Crippen molar-refractivity contribution in [2.75, 3.05) is 12.8 Å². The molecule has 0 bridgehead atoms. The van der Waals surface area contributed by atoms with Gasteiger partial charge in [0.1, 0.15) is 0 Å².